The van der Waals surface area contributed by atoms with Gasteiger partial charge in [-0.15, -0.1) is 0 Å². The summed E-state index contributed by atoms with van der Waals surface area (Å²) in [5, 5.41) is 8.23. The van der Waals surface area contributed by atoms with Gasteiger partial charge in [-0.1, -0.05) is 30.3 Å². The standard InChI is InChI=1S/C20H17N5O3/c1-24-19(26)16-17(21-14-6-4-3-5-7-14)22-23-18(16)25(20(24)27)12-13-8-10-15(28-2)11-9-13/h3-11H,12H2,1-2H3/p+1. The molecule has 0 saturated carbocycles. The van der Waals surface area contributed by atoms with E-state index in [2.05, 4.69) is 15.2 Å². The third-order valence-electron chi connectivity index (χ3n) is 4.53. The van der Waals surface area contributed by atoms with E-state index in [1.165, 1.54) is 11.6 Å². The zero-order valence-corrected chi connectivity index (χ0v) is 15.4. The third-order valence-corrected chi connectivity index (χ3v) is 4.53. The number of azo groups is 1. The molecule has 1 aromatic heterocycles. The van der Waals surface area contributed by atoms with Crippen molar-refractivity contribution in [2.24, 2.45) is 17.3 Å². The van der Waals surface area contributed by atoms with Gasteiger partial charge in [-0.05, 0) is 34.9 Å². The minimum Gasteiger partial charge on any atom is -0.497 e. The Hall–Kier alpha value is -3.81. The minimum absolute atomic E-state index is 0.252. The first-order chi connectivity index (χ1) is 13.6. The molecule has 4 rings (SSSR count). The summed E-state index contributed by atoms with van der Waals surface area (Å²) in [6.45, 7) is 0.261. The maximum absolute atomic E-state index is 12.7. The van der Waals surface area contributed by atoms with Gasteiger partial charge in [-0.2, -0.15) is 0 Å². The Balaban J connectivity index is 1.83. The molecule has 8 nitrogen and oxygen atoms in total. The number of amidine groups is 1. The molecule has 8 heteroatoms. The molecular weight excluding hydrogens is 358 g/mol. The number of benzene rings is 2. The lowest BCUT2D eigenvalue weighted by atomic mass is 10.2. The number of rotatable bonds is 4. The average molecular weight is 376 g/mol. The monoisotopic (exact) mass is 376 g/mol. The molecule has 0 spiro atoms. The molecular formula is C20H18N5O3+. The zero-order valence-electron chi connectivity index (χ0n) is 15.4. The number of hydrogen-bond donors (Lipinski definition) is 1. The largest absolute Gasteiger partial charge is 0.497 e. The van der Waals surface area contributed by atoms with Gasteiger partial charge in [0, 0.05) is 7.05 Å². The van der Waals surface area contributed by atoms with E-state index in [-0.39, 0.29) is 17.9 Å². The first-order valence-electron chi connectivity index (χ1n) is 8.66. The maximum Gasteiger partial charge on any atom is 0.365 e. The van der Waals surface area contributed by atoms with Crippen molar-refractivity contribution in [2.75, 3.05) is 7.11 Å². The Morgan fingerprint density at radius 2 is 1.71 bits per heavy atom. The molecule has 0 unspecified atom stereocenters. The number of methoxy groups -OCH3 is 1. The Morgan fingerprint density at radius 1 is 1.00 bits per heavy atom. The van der Waals surface area contributed by atoms with Crippen LogP contribution in [0.5, 0.6) is 5.75 Å². The number of fused-ring (bicyclic) bond motifs is 1. The summed E-state index contributed by atoms with van der Waals surface area (Å²) in [5.41, 5.74) is 1.05. The highest BCUT2D eigenvalue weighted by Crippen LogP contribution is 2.22. The third kappa shape index (κ3) is 3.05. The van der Waals surface area contributed by atoms with Crippen LogP contribution in [-0.2, 0) is 13.6 Å². The predicted octanol–water partition coefficient (Wildman–Crippen LogP) is 0.860. The van der Waals surface area contributed by atoms with Gasteiger partial charge in [0.2, 0.25) is 5.82 Å². The fourth-order valence-electron chi connectivity index (χ4n) is 3.02. The van der Waals surface area contributed by atoms with Gasteiger partial charge >= 0.3 is 11.5 Å². The summed E-state index contributed by atoms with van der Waals surface area (Å²) in [5.74, 6) is 1.30. The number of nitrogens with zero attached hydrogens (tertiary/aromatic N) is 4. The summed E-state index contributed by atoms with van der Waals surface area (Å²) in [6, 6.07) is 16.7. The van der Waals surface area contributed by atoms with Crippen molar-refractivity contribution in [2.45, 2.75) is 6.54 Å². The van der Waals surface area contributed by atoms with E-state index in [0.717, 1.165) is 21.6 Å². The van der Waals surface area contributed by atoms with Crippen LogP contribution < -0.4 is 21.0 Å². The molecule has 3 aromatic rings. The molecule has 140 valence electrons. The van der Waals surface area contributed by atoms with Gasteiger partial charge in [0.25, 0.3) is 5.56 Å². The Labute approximate surface area is 160 Å². The fourth-order valence-corrected chi connectivity index (χ4v) is 3.02. The van der Waals surface area contributed by atoms with Crippen molar-refractivity contribution in [1.29, 1.82) is 0 Å². The van der Waals surface area contributed by atoms with E-state index >= 15 is 0 Å². The fraction of sp³-hybridized carbons (Fsp3) is 0.150. The van der Waals surface area contributed by atoms with Gasteiger partial charge < -0.3 is 4.74 Å². The lowest BCUT2D eigenvalue weighted by molar-refractivity contribution is -0.354. The second-order valence-corrected chi connectivity index (χ2v) is 6.32. The first-order valence-corrected chi connectivity index (χ1v) is 8.66. The molecule has 2 aromatic carbocycles. The Bertz CT molecular complexity index is 1210. The molecule has 0 bridgehead atoms. The lowest BCUT2D eigenvalue weighted by Crippen LogP contribution is -2.66. The van der Waals surface area contributed by atoms with Crippen LogP contribution in [-0.4, -0.2) is 22.1 Å². The first kappa shape index (κ1) is 17.6. The molecule has 1 N–H and O–H groups in total. The van der Waals surface area contributed by atoms with E-state index in [1.807, 2.05) is 54.6 Å². The highest BCUT2D eigenvalue weighted by atomic mass is 16.5. The van der Waals surface area contributed by atoms with E-state index < -0.39 is 11.2 Å². The molecule has 0 amide bonds. The normalized spacial score (nSPS) is 13.7. The van der Waals surface area contributed by atoms with Crippen molar-refractivity contribution in [3.63, 3.8) is 0 Å². The van der Waals surface area contributed by atoms with E-state index in [9.17, 15) is 9.59 Å². The second kappa shape index (κ2) is 7.07. The van der Waals surface area contributed by atoms with Gasteiger partial charge in [-0.25, -0.2) is 9.79 Å². The van der Waals surface area contributed by atoms with Crippen LogP contribution in [0.15, 0.2) is 74.4 Å². The summed E-state index contributed by atoms with van der Waals surface area (Å²) >= 11 is 0. The molecule has 0 atom stereocenters. The van der Waals surface area contributed by atoms with Crippen molar-refractivity contribution in [1.82, 2.24) is 9.13 Å². The van der Waals surface area contributed by atoms with Gasteiger partial charge in [0.1, 0.15) is 11.4 Å². The van der Waals surface area contributed by atoms with E-state index in [0.29, 0.717) is 5.84 Å². The van der Waals surface area contributed by atoms with Crippen LogP contribution in [0.2, 0.25) is 0 Å². The Morgan fingerprint density at radius 3 is 2.39 bits per heavy atom. The zero-order chi connectivity index (χ0) is 19.7. The molecule has 0 aliphatic carbocycles. The molecule has 1 aliphatic rings. The van der Waals surface area contributed by atoms with Crippen LogP contribution in [0.4, 0.5) is 11.5 Å². The second-order valence-electron chi connectivity index (χ2n) is 6.32. The van der Waals surface area contributed by atoms with E-state index in [4.69, 9.17) is 4.74 Å². The molecule has 0 fully saturated rings. The topological polar surface area (TPSA) is 91.9 Å². The lowest BCUT2D eigenvalue weighted by Gasteiger charge is -2.10. The summed E-state index contributed by atoms with van der Waals surface area (Å²) in [4.78, 5) is 28.5. The average Bonchev–Trinajstić information content (AvgIpc) is 3.14. The number of aromatic nitrogens is 2. The van der Waals surface area contributed by atoms with Crippen molar-refractivity contribution in [3.05, 3.63) is 86.6 Å². The van der Waals surface area contributed by atoms with Crippen molar-refractivity contribution < 1.29 is 9.73 Å². The highest BCUT2D eigenvalue weighted by Gasteiger charge is 2.33. The van der Waals surface area contributed by atoms with Crippen molar-refractivity contribution in [3.8, 4) is 5.75 Å². The minimum atomic E-state index is -0.445. The molecule has 28 heavy (non-hydrogen) atoms. The predicted molar refractivity (Wildman–Crippen MR) is 104 cm³/mol. The van der Waals surface area contributed by atoms with Gasteiger partial charge in [0.15, 0.2) is 5.56 Å². The molecule has 0 saturated heterocycles. The quantitative estimate of drug-likeness (QED) is 0.732. The smallest absolute Gasteiger partial charge is 0.365 e. The van der Waals surface area contributed by atoms with Gasteiger partial charge in [-0.3, -0.25) is 13.9 Å². The molecule has 2 heterocycles. The van der Waals surface area contributed by atoms with Gasteiger partial charge in [0.05, 0.1) is 18.8 Å². The summed E-state index contributed by atoms with van der Waals surface area (Å²) < 4.78 is 7.68. The molecule has 1 aliphatic heterocycles. The van der Waals surface area contributed by atoms with Crippen LogP contribution >= 0.6 is 0 Å². The number of hydrogen-bond acceptors (Lipinski definition) is 4. The summed E-state index contributed by atoms with van der Waals surface area (Å²) in [6.07, 6.45) is 0. The number of para-hydroxylation sites is 1. The van der Waals surface area contributed by atoms with E-state index in [1.54, 1.807) is 7.11 Å². The Kier molecular flexibility index (Phi) is 4.44. The maximum atomic E-state index is 12.7. The highest BCUT2D eigenvalue weighted by molar-refractivity contribution is 6.01. The van der Waals surface area contributed by atoms with Crippen molar-refractivity contribution >= 4 is 17.3 Å². The summed E-state index contributed by atoms with van der Waals surface area (Å²) in [7, 11) is 3.05. The number of nitrogens with one attached hydrogen (secondary N) is 1. The number of ether oxygens (including phenoxy) is 1. The van der Waals surface area contributed by atoms with Crippen LogP contribution in [0, 0.1) is 0 Å². The SMILES string of the molecule is COc1ccc(Cn2c3c(c(=O)n(C)c2=O)C(=[NH+]c2ccccc2)N=N3)cc1. The molecule has 0 radical (unpaired) electrons. The van der Waals surface area contributed by atoms with Crippen LogP contribution in [0.25, 0.3) is 0 Å². The van der Waals surface area contributed by atoms with Crippen LogP contribution in [0.1, 0.15) is 11.1 Å². The van der Waals surface area contributed by atoms with Crippen LogP contribution in [0.3, 0.4) is 0 Å².